The molecule has 5 nitrogen and oxygen atoms in total. The van der Waals surface area contributed by atoms with Crippen LogP contribution in [0.5, 0.6) is 0 Å². The van der Waals surface area contributed by atoms with Crippen LogP contribution in [0.4, 0.5) is 0 Å². The summed E-state index contributed by atoms with van der Waals surface area (Å²) >= 11 is 0. The molecule has 1 atom stereocenters. The van der Waals surface area contributed by atoms with E-state index in [0.717, 1.165) is 12.8 Å². The highest BCUT2D eigenvalue weighted by molar-refractivity contribution is 5.87. The molecule has 2 amide bonds. The minimum Gasteiger partial charge on any atom is -0.352 e. The van der Waals surface area contributed by atoms with Crippen molar-refractivity contribution in [3.63, 3.8) is 0 Å². The van der Waals surface area contributed by atoms with E-state index in [2.05, 4.69) is 24.5 Å². The van der Waals surface area contributed by atoms with Crippen LogP contribution in [0.15, 0.2) is 0 Å². The first-order chi connectivity index (χ1) is 8.68. The fourth-order valence-electron chi connectivity index (χ4n) is 1.76. The number of amides is 2. The molecule has 0 aliphatic carbocycles. The molecule has 112 valence electrons. The lowest BCUT2D eigenvalue weighted by molar-refractivity contribution is -0.129. The molecule has 0 spiro atoms. The smallest absolute Gasteiger partial charge is 0.242 e. The fourth-order valence-corrected chi connectivity index (χ4v) is 1.76. The summed E-state index contributed by atoms with van der Waals surface area (Å²) in [4.78, 5) is 23.4. The van der Waals surface area contributed by atoms with Crippen molar-refractivity contribution in [1.82, 2.24) is 10.6 Å². The lowest BCUT2D eigenvalue weighted by Gasteiger charge is -2.24. The minimum atomic E-state index is -0.493. The van der Waals surface area contributed by atoms with Crippen LogP contribution < -0.4 is 16.4 Å². The molecule has 0 rings (SSSR count). The average molecular weight is 271 g/mol. The van der Waals surface area contributed by atoms with Crippen LogP contribution in [0.3, 0.4) is 0 Å². The van der Waals surface area contributed by atoms with Gasteiger partial charge in [0.25, 0.3) is 0 Å². The van der Waals surface area contributed by atoms with Gasteiger partial charge >= 0.3 is 0 Å². The Hall–Kier alpha value is -1.10. The van der Waals surface area contributed by atoms with Gasteiger partial charge in [0, 0.05) is 12.5 Å². The second kappa shape index (κ2) is 8.15. The first-order valence-electron chi connectivity index (χ1n) is 6.98. The molecule has 19 heavy (non-hydrogen) atoms. The Labute approximate surface area is 116 Å². The maximum atomic E-state index is 11.8. The zero-order valence-corrected chi connectivity index (χ0v) is 12.9. The van der Waals surface area contributed by atoms with Crippen LogP contribution in [0, 0.1) is 5.41 Å². The molecule has 0 saturated carbocycles. The summed E-state index contributed by atoms with van der Waals surface area (Å²) in [5, 5.41) is 5.49. The molecule has 0 aromatic rings. The van der Waals surface area contributed by atoms with Crippen molar-refractivity contribution in [2.75, 3.05) is 6.54 Å². The SMILES string of the molecule is CC(C)NC(=O)C(C)NC(=O)CCC(C)(C)CCN. The third-order valence-electron chi connectivity index (χ3n) is 3.05. The molecule has 0 aliphatic heterocycles. The van der Waals surface area contributed by atoms with Gasteiger partial charge in [0.15, 0.2) is 0 Å². The van der Waals surface area contributed by atoms with Gasteiger partial charge in [-0.2, -0.15) is 0 Å². The van der Waals surface area contributed by atoms with E-state index in [1.165, 1.54) is 0 Å². The molecule has 5 heteroatoms. The second-order valence-corrected chi connectivity index (χ2v) is 6.16. The van der Waals surface area contributed by atoms with Crippen molar-refractivity contribution < 1.29 is 9.59 Å². The van der Waals surface area contributed by atoms with Crippen LogP contribution in [-0.4, -0.2) is 30.4 Å². The molecule has 0 aromatic heterocycles. The summed E-state index contributed by atoms with van der Waals surface area (Å²) in [6.45, 7) is 10.3. The van der Waals surface area contributed by atoms with Crippen molar-refractivity contribution >= 4 is 11.8 Å². The molecule has 4 N–H and O–H groups in total. The maximum absolute atomic E-state index is 11.8. The summed E-state index contributed by atoms with van der Waals surface area (Å²) in [5.74, 6) is -0.235. The van der Waals surface area contributed by atoms with Gasteiger partial charge in [-0.25, -0.2) is 0 Å². The van der Waals surface area contributed by atoms with E-state index in [1.54, 1.807) is 6.92 Å². The predicted octanol–water partition coefficient (Wildman–Crippen LogP) is 1.17. The number of nitrogens with one attached hydrogen (secondary N) is 2. The molecule has 0 heterocycles. The highest BCUT2D eigenvalue weighted by Crippen LogP contribution is 2.25. The molecule has 0 bridgehead atoms. The molecule has 0 fully saturated rings. The molecular weight excluding hydrogens is 242 g/mol. The second-order valence-electron chi connectivity index (χ2n) is 6.16. The molecule has 1 unspecified atom stereocenters. The van der Waals surface area contributed by atoms with Gasteiger partial charge in [0.1, 0.15) is 6.04 Å². The Morgan fingerprint density at radius 3 is 2.16 bits per heavy atom. The van der Waals surface area contributed by atoms with Crippen LogP contribution in [0.25, 0.3) is 0 Å². The number of carbonyl (C=O) groups is 2. The highest BCUT2D eigenvalue weighted by atomic mass is 16.2. The number of hydrogen-bond acceptors (Lipinski definition) is 3. The Morgan fingerprint density at radius 2 is 1.68 bits per heavy atom. The third kappa shape index (κ3) is 8.59. The van der Waals surface area contributed by atoms with E-state index in [-0.39, 0.29) is 23.3 Å². The van der Waals surface area contributed by atoms with E-state index in [4.69, 9.17) is 5.73 Å². The summed E-state index contributed by atoms with van der Waals surface area (Å²) in [6.07, 6.45) is 2.09. The topological polar surface area (TPSA) is 84.2 Å². The summed E-state index contributed by atoms with van der Waals surface area (Å²) in [7, 11) is 0. The van der Waals surface area contributed by atoms with Gasteiger partial charge in [-0.1, -0.05) is 13.8 Å². The van der Waals surface area contributed by atoms with Gasteiger partial charge in [0.05, 0.1) is 0 Å². The summed E-state index contributed by atoms with van der Waals surface area (Å²) in [6, 6.07) is -0.414. The monoisotopic (exact) mass is 271 g/mol. The average Bonchev–Trinajstić information content (AvgIpc) is 2.25. The summed E-state index contributed by atoms with van der Waals surface area (Å²) < 4.78 is 0. The van der Waals surface area contributed by atoms with Crippen LogP contribution in [0.1, 0.15) is 53.9 Å². The van der Waals surface area contributed by atoms with Crippen LogP contribution >= 0.6 is 0 Å². The van der Waals surface area contributed by atoms with Crippen molar-refractivity contribution in [3.8, 4) is 0 Å². The molecule has 0 radical (unpaired) electrons. The van der Waals surface area contributed by atoms with Crippen molar-refractivity contribution in [2.24, 2.45) is 11.1 Å². The van der Waals surface area contributed by atoms with E-state index in [1.807, 2.05) is 13.8 Å². The van der Waals surface area contributed by atoms with E-state index >= 15 is 0 Å². The van der Waals surface area contributed by atoms with Gasteiger partial charge < -0.3 is 16.4 Å². The first-order valence-corrected chi connectivity index (χ1v) is 6.98. The lowest BCUT2D eigenvalue weighted by Crippen LogP contribution is -2.46. The summed E-state index contributed by atoms with van der Waals surface area (Å²) in [5.41, 5.74) is 5.60. The Kier molecular flexibility index (Phi) is 7.68. The molecule has 0 saturated heterocycles. The zero-order valence-electron chi connectivity index (χ0n) is 12.9. The fraction of sp³-hybridized carbons (Fsp3) is 0.857. The predicted molar refractivity (Wildman–Crippen MR) is 77.6 cm³/mol. The van der Waals surface area contributed by atoms with Crippen LogP contribution in [0.2, 0.25) is 0 Å². The van der Waals surface area contributed by atoms with Crippen LogP contribution in [-0.2, 0) is 9.59 Å². The number of hydrogen-bond donors (Lipinski definition) is 3. The van der Waals surface area contributed by atoms with E-state index < -0.39 is 6.04 Å². The Balaban J connectivity index is 4.07. The standard InChI is InChI=1S/C14H29N3O2/c1-10(2)16-13(19)11(3)17-12(18)6-7-14(4,5)8-9-15/h10-11H,6-9,15H2,1-5H3,(H,16,19)(H,17,18). The molecule has 0 aromatic carbocycles. The van der Waals surface area contributed by atoms with Crippen molar-refractivity contribution in [2.45, 2.75) is 66.0 Å². The van der Waals surface area contributed by atoms with Gasteiger partial charge in [0.2, 0.25) is 11.8 Å². The minimum absolute atomic E-state index is 0.0650. The Bertz CT molecular complexity index is 301. The maximum Gasteiger partial charge on any atom is 0.242 e. The van der Waals surface area contributed by atoms with Gasteiger partial charge in [-0.15, -0.1) is 0 Å². The van der Waals surface area contributed by atoms with Crippen molar-refractivity contribution in [3.05, 3.63) is 0 Å². The van der Waals surface area contributed by atoms with E-state index in [0.29, 0.717) is 13.0 Å². The first kappa shape index (κ1) is 17.9. The van der Waals surface area contributed by atoms with Crippen molar-refractivity contribution in [1.29, 1.82) is 0 Å². The lowest BCUT2D eigenvalue weighted by atomic mass is 9.84. The van der Waals surface area contributed by atoms with E-state index in [9.17, 15) is 9.59 Å². The molecular formula is C14H29N3O2. The molecule has 0 aliphatic rings. The number of carbonyl (C=O) groups excluding carboxylic acids is 2. The number of nitrogens with two attached hydrogens (primary N) is 1. The quantitative estimate of drug-likeness (QED) is 0.619. The third-order valence-corrected chi connectivity index (χ3v) is 3.05. The Morgan fingerprint density at radius 1 is 1.11 bits per heavy atom. The van der Waals surface area contributed by atoms with Gasteiger partial charge in [-0.05, 0) is 45.6 Å². The largest absolute Gasteiger partial charge is 0.352 e. The number of rotatable bonds is 8. The zero-order chi connectivity index (χ0) is 15.1. The highest BCUT2D eigenvalue weighted by Gasteiger charge is 2.20. The van der Waals surface area contributed by atoms with Gasteiger partial charge in [-0.3, -0.25) is 9.59 Å². The normalized spacial score (nSPS) is 13.2.